The minimum absolute atomic E-state index is 0.469. The molecule has 102 valence electrons. The number of rotatable bonds is 6. The summed E-state index contributed by atoms with van der Waals surface area (Å²) < 4.78 is 5.59. The Labute approximate surface area is 122 Å². The van der Waals surface area contributed by atoms with E-state index in [2.05, 4.69) is 22.4 Å². The van der Waals surface area contributed by atoms with Crippen LogP contribution in [0.4, 0.5) is 0 Å². The molecule has 6 heteroatoms. The van der Waals surface area contributed by atoms with Gasteiger partial charge in [-0.15, -0.1) is 10.2 Å². The van der Waals surface area contributed by atoms with E-state index in [-0.39, 0.29) is 0 Å². The molecule has 4 nitrogen and oxygen atoms in total. The van der Waals surface area contributed by atoms with Gasteiger partial charge in [0.25, 0.3) is 0 Å². The second kappa shape index (κ2) is 6.89. The van der Waals surface area contributed by atoms with Crippen LogP contribution in [0.5, 0.6) is 0 Å². The first-order chi connectivity index (χ1) is 9.20. The van der Waals surface area contributed by atoms with E-state index in [1.165, 1.54) is 0 Å². The molecule has 0 aliphatic heterocycles. The number of nitrogens with zero attached hydrogens (tertiary/aromatic N) is 2. The molecule has 1 aromatic heterocycles. The Hall–Kier alpha value is -1.10. The first-order valence-electron chi connectivity index (χ1n) is 6.19. The molecule has 0 amide bonds. The average molecular weight is 300 g/mol. The number of benzene rings is 1. The predicted octanol–water partition coefficient (Wildman–Crippen LogP) is 3.59. The van der Waals surface area contributed by atoms with Gasteiger partial charge in [-0.1, -0.05) is 30.1 Å². The third-order valence-corrected chi connectivity index (χ3v) is 3.37. The van der Waals surface area contributed by atoms with Gasteiger partial charge in [-0.05, 0) is 37.7 Å². The van der Waals surface area contributed by atoms with Crippen molar-refractivity contribution >= 4 is 23.2 Å². The van der Waals surface area contributed by atoms with E-state index < -0.39 is 0 Å². The molecule has 0 atom stereocenters. The average Bonchev–Trinajstić information content (AvgIpc) is 2.87. The van der Waals surface area contributed by atoms with E-state index >= 15 is 0 Å². The number of aromatic nitrogens is 2. The topological polar surface area (TPSA) is 51.0 Å². The fraction of sp³-hybridized carbons (Fsp3) is 0.385. The van der Waals surface area contributed by atoms with Crippen LogP contribution in [0.15, 0.2) is 22.6 Å². The van der Waals surface area contributed by atoms with Gasteiger partial charge in [-0.3, -0.25) is 0 Å². The number of nitrogens with one attached hydrogen (secondary N) is 1. The van der Waals surface area contributed by atoms with Crippen molar-refractivity contribution < 1.29 is 4.42 Å². The van der Waals surface area contributed by atoms with Gasteiger partial charge in [-0.2, -0.15) is 0 Å². The highest BCUT2D eigenvalue weighted by Gasteiger charge is 2.09. The van der Waals surface area contributed by atoms with Crippen molar-refractivity contribution in [3.63, 3.8) is 0 Å². The molecule has 2 rings (SSSR count). The lowest BCUT2D eigenvalue weighted by Crippen LogP contribution is -2.14. The largest absolute Gasteiger partial charge is 0.421 e. The van der Waals surface area contributed by atoms with Crippen LogP contribution in [0.2, 0.25) is 10.0 Å². The van der Waals surface area contributed by atoms with Crippen molar-refractivity contribution in [1.29, 1.82) is 0 Å². The highest BCUT2D eigenvalue weighted by molar-refractivity contribution is 6.42. The highest BCUT2D eigenvalue weighted by Crippen LogP contribution is 2.27. The van der Waals surface area contributed by atoms with Crippen LogP contribution in [0.25, 0.3) is 11.5 Å². The van der Waals surface area contributed by atoms with E-state index in [0.29, 0.717) is 21.8 Å². The molecule has 1 heterocycles. The molecule has 2 aromatic rings. The van der Waals surface area contributed by atoms with Gasteiger partial charge < -0.3 is 9.73 Å². The van der Waals surface area contributed by atoms with Crippen molar-refractivity contribution in [2.24, 2.45) is 0 Å². The molecule has 0 aliphatic rings. The minimum atomic E-state index is 0.469. The van der Waals surface area contributed by atoms with Gasteiger partial charge >= 0.3 is 0 Å². The van der Waals surface area contributed by atoms with Gasteiger partial charge in [0.1, 0.15) is 0 Å². The Morgan fingerprint density at radius 1 is 1.21 bits per heavy atom. The van der Waals surface area contributed by atoms with Gasteiger partial charge in [-0.25, -0.2) is 0 Å². The normalized spacial score (nSPS) is 10.9. The lowest BCUT2D eigenvalue weighted by molar-refractivity contribution is 0.492. The predicted molar refractivity (Wildman–Crippen MR) is 76.6 cm³/mol. The fourth-order valence-corrected chi connectivity index (χ4v) is 1.94. The van der Waals surface area contributed by atoms with Crippen molar-refractivity contribution in [3.05, 3.63) is 34.1 Å². The number of hydrogen-bond acceptors (Lipinski definition) is 4. The quantitative estimate of drug-likeness (QED) is 0.828. The van der Waals surface area contributed by atoms with Gasteiger partial charge in [0.2, 0.25) is 11.8 Å². The van der Waals surface area contributed by atoms with Gasteiger partial charge in [0.05, 0.1) is 10.0 Å². The lowest BCUT2D eigenvalue weighted by atomic mass is 10.2. The molecule has 19 heavy (non-hydrogen) atoms. The number of halogens is 2. The van der Waals surface area contributed by atoms with Crippen LogP contribution in [0.3, 0.4) is 0 Å². The fourth-order valence-electron chi connectivity index (χ4n) is 1.64. The highest BCUT2D eigenvalue weighted by atomic mass is 35.5. The molecule has 1 N–H and O–H groups in total. The first-order valence-corrected chi connectivity index (χ1v) is 6.95. The molecular formula is C13H15Cl2N3O. The van der Waals surface area contributed by atoms with Crippen LogP contribution < -0.4 is 5.32 Å². The zero-order chi connectivity index (χ0) is 13.7. The lowest BCUT2D eigenvalue weighted by Gasteiger charge is -1.99. The maximum atomic E-state index is 5.96. The smallest absolute Gasteiger partial charge is 0.247 e. The Balaban J connectivity index is 2.01. The summed E-state index contributed by atoms with van der Waals surface area (Å²) >= 11 is 11.8. The van der Waals surface area contributed by atoms with Gasteiger partial charge in [0.15, 0.2) is 0 Å². The molecule has 0 radical (unpaired) electrons. The van der Waals surface area contributed by atoms with Gasteiger partial charge in [0, 0.05) is 12.0 Å². The summed E-state index contributed by atoms with van der Waals surface area (Å²) in [6.45, 7) is 3.99. The maximum Gasteiger partial charge on any atom is 0.247 e. The summed E-state index contributed by atoms with van der Waals surface area (Å²) in [4.78, 5) is 0. The maximum absolute atomic E-state index is 5.96. The summed E-state index contributed by atoms with van der Waals surface area (Å²) in [7, 11) is 0. The number of hydrogen-bond donors (Lipinski definition) is 1. The zero-order valence-electron chi connectivity index (χ0n) is 10.6. The van der Waals surface area contributed by atoms with Crippen LogP contribution in [0, 0.1) is 0 Å². The summed E-state index contributed by atoms with van der Waals surface area (Å²) in [5.74, 6) is 1.11. The Morgan fingerprint density at radius 2 is 2.05 bits per heavy atom. The van der Waals surface area contributed by atoms with Crippen LogP contribution >= 0.6 is 23.2 Å². The van der Waals surface area contributed by atoms with E-state index in [1.807, 2.05) is 6.07 Å². The summed E-state index contributed by atoms with van der Waals surface area (Å²) in [5.41, 5.74) is 0.778. The van der Waals surface area contributed by atoms with Crippen molar-refractivity contribution in [1.82, 2.24) is 15.5 Å². The van der Waals surface area contributed by atoms with E-state index in [9.17, 15) is 0 Å². The van der Waals surface area contributed by atoms with Crippen molar-refractivity contribution in [2.45, 2.75) is 19.8 Å². The Morgan fingerprint density at radius 3 is 2.79 bits per heavy atom. The summed E-state index contributed by atoms with van der Waals surface area (Å²) in [6, 6.07) is 5.25. The zero-order valence-corrected chi connectivity index (χ0v) is 12.1. The molecule has 0 unspecified atom stereocenters. The molecule has 0 aliphatic carbocycles. The summed E-state index contributed by atoms with van der Waals surface area (Å²) in [5, 5.41) is 12.3. The van der Waals surface area contributed by atoms with E-state index in [1.54, 1.807) is 12.1 Å². The van der Waals surface area contributed by atoms with Crippen LogP contribution in [0.1, 0.15) is 19.2 Å². The number of aryl methyl sites for hydroxylation is 1. The SMILES string of the molecule is CCNCCCc1nnc(-c2ccc(Cl)c(Cl)c2)o1. The molecule has 0 fully saturated rings. The molecular weight excluding hydrogens is 285 g/mol. The standard InChI is InChI=1S/C13H15Cl2N3O/c1-2-16-7-3-4-12-17-18-13(19-12)9-5-6-10(14)11(15)8-9/h5-6,8,16H,2-4,7H2,1H3. The molecule has 1 aromatic carbocycles. The van der Waals surface area contributed by atoms with Crippen molar-refractivity contribution in [3.8, 4) is 11.5 Å². The Kier molecular flexibility index (Phi) is 5.19. The Bertz CT molecular complexity index is 542. The van der Waals surface area contributed by atoms with E-state index in [4.69, 9.17) is 27.6 Å². The summed E-state index contributed by atoms with van der Waals surface area (Å²) in [6.07, 6.45) is 1.73. The van der Waals surface area contributed by atoms with Crippen molar-refractivity contribution in [2.75, 3.05) is 13.1 Å². The molecule has 0 saturated carbocycles. The molecule has 0 bridgehead atoms. The molecule has 0 spiro atoms. The minimum Gasteiger partial charge on any atom is -0.421 e. The second-order valence-corrected chi connectivity index (χ2v) is 4.90. The van der Waals surface area contributed by atoms with Crippen LogP contribution in [-0.4, -0.2) is 23.3 Å². The molecule has 0 saturated heterocycles. The van der Waals surface area contributed by atoms with Crippen LogP contribution in [-0.2, 0) is 6.42 Å². The first kappa shape index (κ1) is 14.3. The second-order valence-electron chi connectivity index (χ2n) is 4.09. The third kappa shape index (κ3) is 3.93. The third-order valence-electron chi connectivity index (χ3n) is 2.63. The monoisotopic (exact) mass is 299 g/mol. The van der Waals surface area contributed by atoms with E-state index in [0.717, 1.165) is 31.5 Å².